The molecule has 0 spiro atoms. The van der Waals surface area contributed by atoms with Gasteiger partial charge in [-0.05, 0) is 39.3 Å². The molecular formula is C19H21NO7. The molecule has 0 bridgehead atoms. The number of Topliss-reactive ketones (excluding diaryl/α,β-unsaturated/α-hetero) is 1. The Morgan fingerprint density at radius 2 is 1.81 bits per heavy atom. The fraction of sp³-hybridized carbons (Fsp3) is 0.368. The molecule has 8 heteroatoms. The van der Waals surface area contributed by atoms with Crippen molar-refractivity contribution < 1.29 is 28.6 Å². The van der Waals surface area contributed by atoms with Crippen LogP contribution in [0.4, 0.5) is 4.79 Å². The number of benzene rings is 1. The van der Waals surface area contributed by atoms with Crippen LogP contribution in [0.2, 0.25) is 0 Å². The molecule has 1 amide bonds. The van der Waals surface area contributed by atoms with Crippen molar-refractivity contribution in [2.24, 2.45) is 0 Å². The number of ether oxygens (including phenoxy) is 1. The largest absolute Gasteiger partial charge is 0.480 e. The Hall–Kier alpha value is -3.16. The minimum atomic E-state index is -1.27. The summed E-state index contributed by atoms with van der Waals surface area (Å²) in [5.41, 5.74) is -0.226. The molecule has 1 aromatic heterocycles. The van der Waals surface area contributed by atoms with Crippen LogP contribution >= 0.6 is 0 Å². The van der Waals surface area contributed by atoms with Crippen LogP contribution in [0.3, 0.4) is 0 Å². The van der Waals surface area contributed by atoms with E-state index in [-0.39, 0.29) is 11.1 Å². The normalized spacial score (nSPS) is 11.3. The van der Waals surface area contributed by atoms with Gasteiger partial charge in [0.1, 0.15) is 17.7 Å². The average molecular weight is 375 g/mol. The number of hydrogen-bond acceptors (Lipinski definition) is 6. The van der Waals surface area contributed by atoms with Crippen LogP contribution < -0.4 is 5.63 Å². The number of carboxylic acid groups (broad SMARTS) is 1. The van der Waals surface area contributed by atoms with Gasteiger partial charge in [-0.2, -0.15) is 0 Å². The number of fused-ring (bicyclic) bond motifs is 1. The zero-order chi connectivity index (χ0) is 20.4. The highest BCUT2D eigenvalue weighted by Gasteiger charge is 2.26. The van der Waals surface area contributed by atoms with Crippen molar-refractivity contribution in [3.8, 4) is 0 Å². The van der Waals surface area contributed by atoms with Crippen molar-refractivity contribution in [1.82, 2.24) is 4.90 Å². The van der Waals surface area contributed by atoms with E-state index in [0.717, 1.165) is 4.90 Å². The maximum absolute atomic E-state index is 12.6. The second kappa shape index (κ2) is 7.61. The summed E-state index contributed by atoms with van der Waals surface area (Å²) in [5, 5.41) is 9.69. The molecule has 27 heavy (non-hydrogen) atoms. The third-order valence-corrected chi connectivity index (χ3v) is 3.59. The lowest BCUT2D eigenvalue weighted by Crippen LogP contribution is -2.42. The van der Waals surface area contributed by atoms with Gasteiger partial charge in [0.05, 0.1) is 6.54 Å². The summed E-state index contributed by atoms with van der Waals surface area (Å²) in [5.74, 6) is -1.78. The molecular weight excluding hydrogens is 354 g/mol. The summed E-state index contributed by atoms with van der Waals surface area (Å²) in [6.45, 7) is 5.50. The van der Waals surface area contributed by atoms with E-state index in [1.807, 2.05) is 0 Å². The lowest BCUT2D eigenvalue weighted by molar-refractivity contribution is -0.138. The number of carbonyl (C=O) groups excluding carboxylic acids is 2. The minimum Gasteiger partial charge on any atom is -0.480 e. The number of amides is 1. The Kier molecular flexibility index (Phi) is 5.68. The Balaban J connectivity index is 2.28. The molecule has 0 radical (unpaired) electrons. The molecule has 0 atom stereocenters. The fourth-order valence-electron chi connectivity index (χ4n) is 2.44. The molecule has 2 rings (SSSR count). The predicted molar refractivity (Wildman–Crippen MR) is 97.0 cm³/mol. The molecule has 144 valence electrons. The van der Waals surface area contributed by atoms with Crippen molar-refractivity contribution in [2.45, 2.75) is 33.3 Å². The Morgan fingerprint density at radius 3 is 2.41 bits per heavy atom. The molecule has 1 aromatic carbocycles. The van der Waals surface area contributed by atoms with E-state index >= 15 is 0 Å². The molecule has 1 heterocycles. The first-order valence-corrected chi connectivity index (χ1v) is 8.24. The molecule has 0 fully saturated rings. The second-order valence-corrected chi connectivity index (χ2v) is 7.11. The topological polar surface area (TPSA) is 114 Å². The number of rotatable bonds is 5. The maximum atomic E-state index is 12.6. The van der Waals surface area contributed by atoms with Crippen molar-refractivity contribution >= 4 is 28.8 Å². The van der Waals surface area contributed by atoms with E-state index in [2.05, 4.69) is 0 Å². The van der Waals surface area contributed by atoms with Crippen LogP contribution in [0.1, 0.15) is 36.7 Å². The highest BCUT2D eigenvalue weighted by Crippen LogP contribution is 2.19. The van der Waals surface area contributed by atoms with E-state index in [4.69, 9.17) is 14.3 Å². The van der Waals surface area contributed by atoms with Crippen LogP contribution in [-0.2, 0) is 9.53 Å². The number of aliphatic carboxylic acids is 1. The van der Waals surface area contributed by atoms with E-state index in [0.29, 0.717) is 10.9 Å². The highest BCUT2D eigenvalue weighted by atomic mass is 16.6. The van der Waals surface area contributed by atoms with E-state index in [1.165, 1.54) is 18.2 Å². The van der Waals surface area contributed by atoms with Gasteiger partial charge >= 0.3 is 17.7 Å². The molecule has 0 aliphatic carbocycles. The van der Waals surface area contributed by atoms with Gasteiger partial charge in [0, 0.05) is 17.0 Å². The lowest BCUT2D eigenvalue weighted by atomic mass is 10.1. The average Bonchev–Trinajstić information content (AvgIpc) is 2.51. The number of nitrogens with zero attached hydrogens (tertiary/aromatic N) is 1. The number of ketones is 1. The Bertz CT molecular complexity index is 953. The van der Waals surface area contributed by atoms with Gasteiger partial charge in [-0.15, -0.1) is 0 Å². The van der Waals surface area contributed by atoms with E-state index in [9.17, 15) is 19.2 Å². The quantitative estimate of drug-likeness (QED) is 0.631. The predicted octanol–water partition coefficient (Wildman–Crippen LogP) is 2.61. The number of aryl methyl sites for hydroxylation is 1. The monoisotopic (exact) mass is 375 g/mol. The first kappa shape index (κ1) is 20.2. The summed E-state index contributed by atoms with van der Waals surface area (Å²) in [4.78, 5) is 48.1. The van der Waals surface area contributed by atoms with Crippen molar-refractivity contribution in [3.63, 3.8) is 0 Å². The summed E-state index contributed by atoms with van der Waals surface area (Å²) < 4.78 is 10.3. The van der Waals surface area contributed by atoms with Gasteiger partial charge in [0.25, 0.3) is 0 Å². The first-order valence-electron chi connectivity index (χ1n) is 8.24. The molecule has 1 N–H and O–H groups in total. The minimum absolute atomic E-state index is 0.190. The number of carboxylic acids is 1. The molecule has 0 saturated heterocycles. The van der Waals surface area contributed by atoms with Gasteiger partial charge in [-0.1, -0.05) is 12.1 Å². The van der Waals surface area contributed by atoms with Crippen molar-refractivity contribution in [3.05, 3.63) is 45.8 Å². The maximum Gasteiger partial charge on any atom is 0.411 e. The molecule has 0 aliphatic heterocycles. The summed E-state index contributed by atoms with van der Waals surface area (Å²) in [6.07, 6.45) is -0.901. The van der Waals surface area contributed by atoms with Crippen LogP contribution in [-0.4, -0.2) is 46.5 Å². The molecule has 2 aromatic rings. The smallest absolute Gasteiger partial charge is 0.411 e. The molecule has 0 unspecified atom stereocenters. The van der Waals surface area contributed by atoms with Crippen LogP contribution in [0, 0.1) is 6.92 Å². The Morgan fingerprint density at radius 1 is 1.15 bits per heavy atom. The van der Waals surface area contributed by atoms with Crippen molar-refractivity contribution in [1.29, 1.82) is 0 Å². The second-order valence-electron chi connectivity index (χ2n) is 7.11. The molecule has 0 saturated carbocycles. The van der Waals surface area contributed by atoms with E-state index in [1.54, 1.807) is 33.8 Å². The Labute approximate surface area is 155 Å². The highest BCUT2D eigenvalue weighted by molar-refractivity contribution is 6.01. The van der Waals surface area contributed by atoms with E-state index < -0.39 is 42.2 Å². The van der Waals surface area contributed by atoms with Crippen LogP contribution in [0.15, 0.2) is 33.5 Å². The van der Waals surface area contributed by atoms with Gasteiger partial charge < -0.3 is 14.3 Å². The zero-order valence-electron chi connectivity index (χ0n) is 15.6. The summed E-state index contributed by atoms with van der Waals surface area (Å²) in [6, 6.07) is 5.92. The fourth-order valence-corrected chi connectivity index (χ4v) is 2.44. The lowest BCUT2D eigenvalue weighted by Gasteiger charge is -2.26. The van der Waals surface area contributed by atoms with Crippen LogP contribution in [0.5, 0.6) is 0 Å². The standard InChI is InChI=1S/C19H21NO7/c1-11-7-17(24)26-15-8-12(5-6-13(11)15)14(21)9-20(10-16(22)23)18(25)27-19(2,3)4/h5-8H,9-10H2,1-4H3,(H,22,23). The van der Waals surface area contributed by atoms with Crippen LogP contribution in [0.25, 0.3) is 11.0 Å². The number of carbonyl (C=O) groups is 3. The first-order chi connectivity index (χ1) is 12.5. The molecule has 0 aliphatic rings. The SMILES string of the molecule is Cc1cc(=O)oc2cc(C(=O)CN(CC(=O)O)C(=O)OC(C)(C)C)ccc12. The number of hydrogen-bond donors (Lipinski definition) is 1. The van der Waals surface area contributed by atoms with Gasteiger partial charge in [-0.25, -0.2) is 9.59 Å². The van der Waals surface area contributed by atoms with Gasteiger partial charge in [0.2, 0.25) is 0 Å². The third-order valence-electron chi connectivity index (χ3n) is 3.59. The van der Waals surface area contributed by atoms with Crippen molar-refractivity contribution in [2.75, 3.05) is 13.1 Å². The van der Waals surface area contributed by atoms with Gasteiger partial charge in [0.15, 0.2) is 5.78 Å². The summed E-state index contributed by atoms with van der Waals surface area (Å²) >= 11 is 0. The van der Waals surface area contributed by atoms with Gasteiger partial charge in [-0.3, -0.25) is 14.5 Å². The third kappa shape index (κ3) is 5.40. The zero-order valence-corrected chi connectivity index (χ0v) is 15.6. The summed E-state index contributed by atoms with van der Waals surface area (Å²) in [7, 11) is 0. The molecule has 8 nitrogen and oxygen atoms in total.